The summed E-state index contributed by atoms with van der Waals surface area (Å²) in [6, 6.07) is 0.387. The van der Waals surface area contributed by atoms with Gasteiger partial charge in [-0.05, 0) is 45.2 Å². The van der Waals surface area contributed by atoms with E-state index in [0.29, 0.717) is 6.04 Å². The van der Waals surface area contributed by atoms with Crippen LogP contribution in [-0.4, -0.2) is 40.3 Å². The number of nitrogen functional groups attached to an aromatic ring is 1. The average molecular weight is 290 g/mol. The molecule has 1 fully saturated rings. The van der Waals surface area contributed by atoms with Crippen molar-refractivity contribution in [2.45, 2.75) is 51.5 Å². The highest BCUT2D eigenvalue weighted by molar-refractivity contribution is 5.81. The maximum Gasteiger partial charge on any atom is 0.215 e. The molecule has 1 aromatic heterocycles. The number of fused-ring (bicyclic) bond motifs is 1. The molecule has 116 valence electrons. The van der Waals surface area contributed by atoms with Gasteiger partial charge in [0.15, 0.2) is 0 Å². The number of nitrogens with two attached hydrogens (primary N) is 1. The van der Waals surface area contributed by atoms with Crippen LogP contribution < -0.4 is 11.1 Å². The molecule has 0 aliphatic carbocycles. The van der Waals surface area contributed by atoms with Crippen molar-refractivity contribution in [3.63, 3.8) is 0 Å². The summed E-state index contributed by atoms with van der Waals surface area (Å²) in [5.41, 5.74) is 8.16. The average Bonchev–Trinajstić information content (AvgIpc) is 2.69. The molecule has 3 heterocycles. The van der Waals surface area contributed by atoms with Gasteiger partial charge in [-0.3, -0.25) is 10.3 Å². The highest BCUT2D eigenvalue weighted by Gasteiger charge is 2.30. The third kappa shape index (κ3) is 2.64. The van der Waals surface area contributed by atoms with Gasteiger partial charge < -0.3 is 11.1 Å². The standard InChI is InChI=1S/C15H26N6/c1-2-20-10-6-4-8-12(20)13-11-7-3-5-9-18-14(11)21(19-13)15(16)17/h12,18H,2-10H2,1H3,(H3,16,17). The number of anilines is 1. The molecule has 0 bridgehead atoms. The van der Waals surface area contributed by atoms with Gasteiger partial charge in [0.25, 0.3) is 0 Å². The summed E-state index contributed by atoms with van der Waals surface area (Å²) >= 11 is 0. The monoisotopic (exact) mass is 290 g/mol. The number of hydrogen-bond donors (Lipinski definition) is 3. The molecule has 1 saturated heterocycles. The lowest BCUT2D eigenvalue weighted by molar-refractivity contribution is 0.153. The Labute approximate surface area is 126 Å². The van der Waals surface area contributed by atoms with Crippen molar-refractivity contribution < 1.29 is 0 Å². The Hall–Kier alpha value is -1.56. The largest absolute Gasteiger partial charge is 0.370 e. The highest BCUT2D eigenvalue weighted by atomic mass is 15.4. The minimum absolute atomic E-state index is 0.00533. The molecule has 1 atom stereocenters. The van der Waals surface area contributed by atoms with Gasteiger partial charge in [0.1, 0.15) is 5.82 Å². The van der Waals surface area contributed by atoms with Crippen LogP contribution in [0.4, 0.5) is 5.82 Å². The number of likely N-dealkylation sites (tertiary alicyclic amines) is 1. The van der Waals surface area contributed by atoms with E-state index in [-0.39, 0.29) is 5.96 Å². The highest BCUT2D eigenvalue weighted by Crippen LogP contribution is 2.36. The molecular formula is C15H26N6. The van der Waals surface area contributed by atoms with Gasteiger partial charge in [0.05, 0.1) is 11.7 Å². The van der Waals surface area contributed by atoms with E-state index in [9.17, 15) is 0 Å². The van der Waals surface area contributed by atoms with Crippen molar-refractivity contribution in [1.29, 1.82) is 5.41 Å². The normalized spacial score (nSPS) is 23.2. The number of nitrogens with one attached hydrogen (secondary N) is 2. The van der Waals surface area contributed by atoms with Crippen molar-refractivity contribution in [3.8, 4) is 0 Å². The van der Waals surface area contributed by atoms with E-state index in [1.807, 2.05) is 0 Å². The second-order valence-corrected chi connectivity index (χ2v) is 6.03. The molecule has 1 unspecified atom stereocenters. The zero-order valence-electron chi connectivity index (χ0n) is 12.9. The van der Waals surface area contributed by atoms with Crippen molar-refractivity contribution in [2.75, 3.05) is 25.0 Å². The zero-order valence-corrected chi connectivity index (χ0v) is 12.9. The summed E-state index contributed by atoms with van der Waals surface area (Å²) in [6.45, 7) is 5.36. The molecule has 2 aliphatic rings. The van der Waals surface area contributed by atoms with Gasteiger partial charge in [-0.25, -0.2) is 0 Å². The lowest BCUT2D eigenvalue weighted by Crippen LogP contribution is -2.34. The predicted molar refractivity (Wildman–Crippen MR) is 84.8 cm³/mol. The summed E-state index contributed by atoms with van der Waals surface area (Å²) in [4.78, 5) is 2.52. The third-order valence-corrected chi connectivity index (χ3v) is 4.72. The van der Waals surface area contributed by atoms with Gasteiger partial charge in [-0.1, -0.05) is 13.3 Å². The van der Waals surface area contributed by atoms with Crippen LogP contribution in [0.25, 0.3) is 0 Å². The second kappa shape index (κ2) is 6.05. The molecule has 0 amide bonds. The fourth-order valence-electron chi connectivity index (χ4n) is 3.65. The van der Waals surface area contributed by atoms with E-state index in [0.717, 1.165) is 50.4 Å². The van der Waals surface area contributed by atoms with Crippen LogP contribution in [0.5, 0.6) is 0 Å². The summed E-state index contributed by atoms with van der Waals surface area (Å²) in [5, 5.41) is 15.9. The Morgan fingerprint density at radius 1 is 1.38 bits per heavy atom. The van der Waals surface area contributed by atoms with Crippen LogP contribution in [0, 0.1) is 5.41 Å². The van der Waals surface area contributed by atoms with Crippen LogP contribution in [0.15, 0.2) is 0 Å². The van der Waals surface area contributed by atoms with Crippen LogP contribution >= 0.6 is 0 Å². The van der Waals surface area contributed by atoms with Crippen LogP contribution in [0.2, 0.25) is 0 Å². The summed E-state index contributed by atoms with van der Waals surface area (Å²) in [6.07, 6.45) is 7.08. The lowest BCUT2D eigenvalue weighted by atomic mass is 9.95. The quantitative estimate of drug-likeness (QED) is 0.574. The number of rotatable bonds is 2. The van der Waals surface area contributed by atoms with E-state index in [2.05, 4.69) is 17.1 Å². The molecule has 3 rings (SSSR count). The number of nitrogens with zero attached hydrogens (tertiary/aromatic N) is 3. The Morgan fingerprint density at radius 3 is 3.00 bits per heavy atom. The maximum absolute atomic E-state index is 7.79. The van der Waals surface area contributed by atoms with Crippen LogP contribution in [0.3, 0.4) is 0 Å². The number of aromatic nitrogens is 2. The Bertz CT molecular complexity index is 520. The lowest BCUT2D eigenvalue weighted by Gasteiger charge is -2.34. The molecule has 0 spiro atoms. The Morgan fingerprint density at radius 2 is 2.24 bits per heavy atom. The molecule has 4 N–H and O–H groups in total. The fraction of sp³-hybridized carbons (Fsp3) is 0.733. The summed E-state index contributed by atoms with van der Waals surface area (Å²) in [7, 11) is 0. The first kappa shape index (κ1) is 14.4. The molecule has 0 aromatic carbocycles. The Balaban J connectivity index is 2.03. The van der Waals surface area contributed by atoms with E-state index in [1.54, 1.807) is 4.68 Å². The van der Waals surface area contributed by atoms with Crippen molar-refractivity contribution in [3.05, 3.63) is 11.3 Å². The molecule has 0 saturated carbocycles. The van der Waals surface area contributed by atoms with Crippen LogP contribution in [0.1, 0.15) is 56.3 Å². The first-order chi connectivity index (χ1) is 10.2. The first-order valence-corrected chi connectivity index (χ1v) is 8.16. The zero-order chi connectivity index (χ0) is 14.8. The van der Waals surface area contributed by atoms with Crippen LogP contribution in [-0.2, 0) is 6.42 Å². The molecule has 6 heteroatoms. The minimum atomic E-state index is 0.00533. The van der Waals surface area contributed by atoms with Gasteiger partial charge in [-0.15, -0.1) is 0 Å². The number of piperidine rings is 1. The van der Waals surface area contributed by atoms with Gasteiger partial charge in [-0.2, -0.15) is 9.78 Å². The summed E-state index contributed by atoms with van der Waals surface area (Å²) in [5.74, 6) is 0.961. The molecule has 21 heavy (non-hydrogen) atoms. The van der Waals surface area contributed by atoms with E-state index in [4.69, 9.17) is 16.2 Å². The van der Waals surface area contributed by atoms with E-state index < -0.39 is 0 Å². The molecule has 0 radical (unpaired) electrons. The van der Waals surface area contributed by atoms with Crippen molar-refractivity contribution in [2.24, 2.45) is 5.73 Å². The van der Waals surface area contributed by atoms with Crippen molar-refractivity contribution in [1.82, 2.24) is 14.7 Å². The molecule has 6 nitrogen and oxygen atoms in total. The number of hydrogen-bond acceptors (Lipinski definition) is 4. The third-order valence-electron chi connectivity index (χ3n) is 4.72. The second-order valence-electron chi connectivity index (χ2n) is 6.03. The SMILES string of the molecule is CCN1CCCCC1c1nn(C(=N)N)c2c1CCCCN2. The van der Waals surface area contributed by atoms with E-state index in [1.165, 1.54) is 24.8 Å². The smallest absolute Gasteiger partial charge is 0.215 e. The molecule has 1 aromatic rings. The predicted octanol–water partition coefficient (Wildman–Crippen LogP) is 1.92. The fourth-order valence-corrected chi connectivity index (χ4v) is 3.65. The summed E-state index contributed by atoms with van der Waals surface area (Å²) < 4.78 is 1.60. The van der Waals surface area contributed by atoms with Gasteiger partial charge in [0, 0.05) is 12.1 Å². The maximum atomic E-state index is 7.79. The Kier molecular flexibility index (Phi) is 4.14. The molecular weight excluding hydrogens is 264 g/mol. The molecule has 2 aliphatic heterocycles. The van der Waals surface area contributed by atoms with Crippen molar-refractivity contribution >= 4 is 11.8 Å². The minimum Gasteiger partial charge on any atom is -0.370 e. The van der Waals surface area contributed by atoms with Gasteiger partial charge >= 0.3 is 0 Å². The topological polar surface area (TPSA) is 83.0 Å². The first-order valence-electron chi connectivity index (χ1n) is 8.16. The van der Waals surface area contributed by atoms with Gasteiger partial charge in [0.2, 0.25) is 5.96 Å². The van der Waals surface area contributed by atoms with E-state index >= 15 is 0 Å².